The summed E-state index contributed by atoms with van der Waals surface area (Å²) in [6, 6.07) is 16.4. The zero-order valence-electron chi connectivity index (χ0n) is 16.9. The lowest BCUT2D eigenvalue weighted by atomic mass is 10.2. The summed E-state index contributed by atoms with van der Waals surface area (Å²) in [6.45, 7) is 0. The summed E-state index contributed by atoms with van der Waals surface area (Å²) < 4.78 is 0. The Kier molecular flexibility index (Phi) is 5.01. The number of hydrogen-bond acceptors (Lipinski definition) is 4. The molecule has 5 heterocycles. The van der Waals surface area contributed by atoms with E-state index in [1.165, 1.54) is 24.3 Å². The lowest BCUT2D eigenvalue weighted by Gasteiger charge is -1.87. The first-order valence-corrected chi connectivity index (χ1v) is 10.1. The van der Waals surface area contributed by atoms with E-state index in [1.807, 2.05) is 48.6 Å². The fraction of sp³-hybridized carbons (Fsp3) is 0. The molecule has 0 radical (unpaired) electrons. The summed E-state index contributed by atoms with van der Waals surface area (Å²) in [4.78, 5) is 36.6. The highest BCUT2D eigenvalue weighted by Gasteiger charge is 2.01. The minimum absolute atomic E-state index is 0.121. The third-order valence-corrected chi connectivity index (χ3v) is 4.87. The van der Waals surface area contributed by atoms with Gasteiger partial charge in [0.25, 0.3) is 0 Å². The van der Waals surface area contributed by atoms with Crippen molar-refractivity contribution in [3.05, 3.63) is 95.6 Å². The first-order chi connectivity index (χ1) is 15.6. The van der Waals surface area contributed by atoms with Crippen molar-refractivity contribution in [2.24, 2.45) is 0 Å². The predicted molar refractivity (Wildman–Crippen MR) is 127 cm³/mol. The van der Waals surface area contributed by atoms with E-state index < -0.39 is 0 Å². The second-order valence-electron chi connectivity index (χ2n) is 7.38. The van der Waals surface area contributed by atoms with Crippen LogP contribution in [0.25, 0.3) is 46.4 Å². The van der Waals surface area contributed by atoms with E-state index >= 15 is 0 Å². The second kappa shape index (κ2) is 8.28. The van der Waals surface area contributed by atoms with Gasteiger partial charge in [-0.05, 0) is 97.1 Å². The molecular formula is C26H18N4O2. The molecule has 3 aromatic heterocycles. The van der Waals surface area contributed by atoms with E-state index in [4.69, 9.17) is 0 Å². The minimum Gasteiger partial charge on any atom is -0.355 e. The average molecular weight is 418 g/mol. The smallest absolute Gasteiger partial charge is 0.178 e. The maximum Gasteiger partial charge on any atom is 0.178 e. The molecule has 32 heavy (non-hydrogen) atoms. The maximum absolute atomic E-state index is 10.3. The molecule has 154 valence electrons. The highest BCUT2D eigenvalue weighted by molar-refractivity contribution is 6.14. The van der Waals surface area contributed by atoms with Crippen LogP contribution in [0.15, 0.2) is 72.8 Å². The number of carbonyl (C=O) groups excluding carboxylic acids is 2. The summed E-state index contributed by atoms with van der Waals surface area (Å²) in [5, 5.41) is 0. The average Bonchev–Trinajstić information content (AvgIpc) is 3.57. The molecule has 8 bridgehead atoms. The molecule has 6 heteroatoms. The van der Waals surface area contributed by atoms with Crippen LogP contribution >= 0.6 is 0 Å². The van der Waals surface area contributed by atoms with Crippen LogP contribution in [0.1, 0.15) is 22.8 Å². The minimum atomic E-state index is -0.121. The molecule has 0 saturated heterocycles. The molecule has 6 nitrogen and oxygen atoms in total. The fourth-order valence-corrected chi connectivity index (χ4v) is 3.38. The number of H-pyrrole nitrogens is 2. The quantitative estimate of drug-likeness (QED) is 0.350. The molecule has 0 atom stereocenters. The highest BCUT2D eigenvalue weighted by atomic mass is 16.1. The Balaban J connectivity index is 0.000000230. The van der Waals surface area contributed by atoms with Gasteiger partial charge in [0.15, 0.2) is 11.6 Å². The molecule has 0 spiro atoms. The number of nitrogens with zero attached hydrogens (tertiary/aromatic N) is 2. The van der Waals surface area contributed by atoms with Crippen LogP contribution in [-0.2, 0) is 9.59 Å². The van der Waals surface area contributed by atoms with Crippen molar-refractivity contribution < 1.29 is 9.59 Å². The third kappa shape index (κ3) is 4.60. The van der Waals surface area contributed by atoms with Gasteiger partial charge in [-0.25, -0.2) is 9.97 Å². The number of allylic oxidation sites excluding steroid dienone is 4. The van der Waals surface area contributed by atoms with Crippen molar-refractivity contribution in [3.8, 4) is 0 Å². The number of ketones is 2. The highest BCUT2D eigenvalue weighted by Crippen LogP contribution is 2.16. The van der Waals surface area contributed by atoms with Gasteiger partial charge in [-0.3, -0.25) is 9.59 Å². The van der Waals surface area contributed by atoms with Gasteiger partial charge in [0.05, 0.1) is 22.8 Å². The van der Waals surface area contributed by atoms with Crippen LogP contribution < -0.4 is 0 Å². The Bertz CT molecular complexity index is 1300. The summed E-state index contributed by atoms with van der Waals surface area (Å²) in [7, 11) is 0. The van der Waals surface area contributed by atoms with Crippen LogP contribution in [0, 0.1) is 0 Å². The molecular weight excluding hydrogens is 400 g/mol. The first kappa shape index (κ1) is 19.4. The number of aromatic nitrogens is 4. The van der Waals surface area contributed by atoms with Gasteiger partial charge in [-0.2, -0.15) is 0 Å². The van der Waals surface area contributed by atoms with Crippen LogP contribution in [0.4, 0.5) is 0 Å². The molecule has 3 aromatic rings. The van der Waals surface area contributed by atoms with Crippen LogP contribution in [0.3, 0.4) is 0 Å². The molecule has 0 aromatic carbocycles. The number of carbonyl (C=O) groups is 2. The first-order valence-electron chi connectivity index (χ1n) is 10.1. The molecule has 0 unspecified atom stereocenters. The predicted octanol–water partition coefficient (Wildman–Crippen LogP) is 4.91. The van der Waals surface area contributed by atoms with Crippen LogP contribution in [-0.4, -0.2) is 31.5 Å². The standard InChI is InChI=1S/C20H14N4.C6H4O2/c1-2-14-10-16-5-6-18(23-16)12-20-8-7-19(24-20)11-17-4-3-15(22-17)9-13(1)21-14;7-5-1-2-6(8)4-3-5/h1-12,21,24H;1-4H. The normalized spacial score (nSPS) is 13.9. The van der Waals surface area contributed by atoms with Gasteiger partial charge in [-0.1, -0.05) is 0 Å². The van der Waals surface area contributed by atoms with Crippen molar-refractivity contribution in [1.29, 1.82) is 0 Å². The van der Waals surface area contributed by atoms with Crippen molar-refractivity contribution in [1.82, 2.24) is 19.9 Å². The maximum atomic E-state index is 10.3. The van der Waals surface area contributed by atoms with Gasteiger partial charge in [-0.15, -0.1) is 0 Å². The number of fused-ring (bicyclic) bond motifs is 8. The Labute approximate surface area is 183 Å². The van der Waals surface area contributed by atoms with E-state index in [0.717, 1.165) is 44.8 Å². The van der Waals surface area contributed by atoms with Crippen LogP contribution in [0.2, 0.25) is 0 Å². The van der Waals surface area contributed by atoms with Crippen molar-refractivity contribution >= 4 is 57.9 Å². The fourth-order valence-electron chi connectivity index (χ4n) is 3.38. The molecule has 1 aliphatic carbocycles. The largest absolute Gasteiger partial charge is 0.355 e. The van der Waals surface area contributed by atoms with E-state index in [0.29, 0.717) is 0 Å². The van der Waals surface area contributed by atoms with Gasteiger partial charge in [0.2, 0.25) is 0 Å². The van der Waals surface area contributed by atoms with Gasteiger partial charge in [0, 0.05) is 22.1 Å². The van der Waals surface area contributed by atoms with Crippen molar-refractivity contribution in [3.63, 3.8) is 0 Å². The Morgan fingerprint density at radius 2 is 0.719 bits per heavy atom. The number of nitrogens with one attached hydrogen (secondary N) is 2. The molecule has 3 aliphatic rings. The van der Waals surface area contributed by atoms with Crippen LogP contribution in [0.5, 0.6) is 0 Å². The lowest BCUT2D eigenvalue weighted by Crippen LogP contribution is -1.97. The van der Waals surface area contributed by atoms with Gasteiger partial charge >= 0.3 is 0 Å². The molecule has 6 rings (SSSR count). The Hall–Kier alpha value is -4.58. The molecule has 0 fully saturated rings. The van der Waals surface area contributed by atoms with Gasteiger partial charge < -0.3 is 9.97 Å². The molecule has 2 N–H and O–H groups in total. The second-order valence-corrected chi connectivity index (χ2v) is 7.38. The number of aromatic amines is 2. The summed E-state index contributed by atoms with van der Waals surface area (Å²) in [5.41, 5.74) is 7.86. The zero-order valence-corrected chi connectivity index (χ0v) is 16.9. The Morgan fingerprint density at radius 3 is 1.00 bits per heavy atom. The molecule has 2 aliphatic heterocycles. The van der Waals surface area contributed by atoms with E-state index in [2.05, 4.69) is 44.2 Å². The lowest BCUT2D eigenvalue weighted by molar-refractivity contribution is -0.113. The molecule has 0 saturated carbocycles. The van der Waals surface area contributed by atoms with Gasteiger partial charge in [0.1, 0.15) is 0 Å². The topological polar surface area (TPSA) is 91.5 Å². The Morgan fingerprint density at radius 1 is 0.438 bits per heavy atom. The van der Waals surface area contributed by atoms with E-state index in [1.54, 1.807) is 0 Å². The van der Waals surface area contributed by atoms with Crippen molar-refractivity contribution in [2.45, 2.75) is 0 Å². The summed E-state index contributed by atoms with van der Waals surface area (Å²) in [5.74, 6) is -0.241. The monoisotopic (exact) mass is 418 g/mol. The zero-order chi connectivity index (χ0) is 21.9. The number of rotatable bonds is 0. The van der Waals surface area contributed by atoms with Crippen molar-refractivity contribution in [2.75, 3.05) is 0 Å². The summed E-state index contributed by atoms with van der Waals surface area (Å²) >= 11 is 0. The SMILES string of the molecule is C1=Cc2cc3ccc(cc4nc(cc5ccc(cc1n2)[nH]5)C=C4)[nH]3.O=C1C=CC(=O)C=C1. The van der Waals surface area contributed by atoms with E-state index in [9.17, 15) is 9.59 Å². The number of hydrogen-bond donors (Lipinski definition) is 2. The molecule has 0 amide bonds. The summed E-state index contributed by atoms with van der Waals surface area (Å²) in [6.07, 6.45) is 13.1. The third-order valence-electron chi connectivity index (χ3n) is 4.87. The van der Waals surface area contributed by atoms with E-state index in [-0.39, 0.29) is 11.6 Å².